The summed E-state index contributed by atoms with van der Waals surface area (Å²) in [6.45, 7) is 0.570. The van der Waals surface area contributed by atoms with E-state index in [2.05, 4.69) is 5.32 Å². The first-order valence-corrected chi connectivity index (χ1v) is 7.23. The first-order chi connectivity index (χ1) is 11.0. The van der Waals surface area contributed by atoms with E-state index in [0.29, 0.717) is 12.1 Å². The fourth-order valence-electron chi connectivity index (χ4n) is 1.93. The summed E-state index contributed by atoms with van der Waals surface area (Å²) in [6, 6.07) is 15.1. The lowest BCUT2D eigenvalue weighted by Gasteiger charge is -2.20. The van der Waals surface area contributed by atoms with E-state index in [1.54, 1.807) is 11.9 Å². The van der Waals surface area contributed by atoms with Crippen molar-refractivity contribution < 1.29 is 9.72 Å². The molecular weight excluding hydrogens is 314 g/mol. The lowest BCUT2D eigenvalue weighted by atomic mass is 10.2. The molecule has 0 heterocycles. The van der Waals surface area contributed by atoms with Crippen LogP contribution in [0.1, 0.15) is 15.9 Å². The maximum atomic E-state index is 12.1. The molecule has 2 aromatic carbocycles. The summed E-state index contributed by atoms with van der Waals surface area (Å²) >= 11 is 5.21. The molecule has 7 heteroatoms. The van der Waals surface area contributed by atoms with Gasteiger partial charge in [-0.25, -0.2) is 0 Å². The zero-order chi connectivity index (χ0) is 16.8. The van der Waals surface area contributed by atoms with E-state index < -0.39 is 10.8 Å². The van der Waals surface area contributed by atoms with Crippen LogP contribution >= 0.6 is 12.2 Å². The zero-order valence-electron chi connectivity index (χ0n) is 12.4. The first-order valence-electron chi connectivity index (χ1n) is 6.82. The molecule has 1 amide bonds. The molecule has 0 spiro atoms. The van der Waals surface area contributed by atoms with Gasteiger partial charge in [0.25, 0.3) is 11.6 Å². The second-order valence-electron chi connectivity index (χ2n) is 4.90. The zero-order valence-corrected chi connectivity index (χ0v) is 13.2. The number of hydrogen-bond donors (Lipinski definition) is 1. The highest BCUT2D eigenvalue weighted by Crippen LogP contribution is 2.12. The van der Waals surface area contributed by atoms with Crippen LogP contribution in [0.2, 0.25) is 0 Å². The van der Waals surface area contributed by atoms with Gasteiger partial charge in [0.15, 0.2) is 5.11 Å². The van der Waals surface area contributed by atoms with E-state index in [9.17, 15) is 14.9 Å². The molecule has 0 aromatic heterocycles. The Balaban J connectivity index is 1.96. The largest absolute Gasteiger partial charge is 0.348 e. The molecule has 0 saturated heterocycles. The minimum absolute atomic E-state index is 0.0645. The van der Waals surface area contributed by atoms with Gasteiger partial charge in [0.2, 0.25) is 0 Å². The van der Waals surface area contributed by atoms with Crippen molar-refractivity contribution in [3.63, 3.8) is 0 Å². The van der Waals surface area contributed by atoms with E-state index in [1.807, 2.05) is 30.3 Å². The topological polar surface area (TPSA) is 75.5 Å². The van der Waals surface area contributed by atoms with E-state index >= 15 is 0 Å². The number of amides is 1. The first kappa shape index (κ1) is 16.6. The quantitative estimate of drug-likeness (QED) is 0.530. The van der Waals surface area contributed by atoms with Gasteiger partial charge in [-0.05, 0) is 29.9 Å². The highest BCUT2D eigenvalue weighted by atomic mass is 32.1. The third-order valence-electron chi connectivity index (χ3n) is 3.17. The van der Waals surface area contributed by atoms with Crippen molar-refractivity contribution in [3.8, 4) is 0 Å². The van der Waals surface area contributed by atoms with Gasteiger partial charge in [-0.3, -0.25) is 20.2 Å². The van der Waals surface area contributed by atoms with Crippen molar-refractivity contribution in [1.82, 2.24) is 10.2 Å². The smallest absolute Gasteiger partial charge is 0.269 e. The fraction of sp³-hybridized carbons (Fsp3) is 0.125. The number of carbonyl (C=O) groups excluding carboxylic acids is 1. The normalized spacial score (nSPS) is 9.96. The molecule has 0 aliphatic rings. The van der Waals surface area contributed by atoms with Crippen LogP contribution in [0.3, 0.4) is 0 Å². The minimum atomic E-state index is -0.514. The molecular formula is C16H15N3O3S. The van der Waals surface area contributed by atoms with Crippen LogP contribution in [0.5, 0.6) is 0 Å². The SMILES string of the molecule is CN(Cc1ccccc1)C(=S)NC(=O)c1ccc([N+](=O)[O-])cc1. The number of nitrogens with zero attached hydrogens (tertiary/aromatic N) is 2. The van der Waals surface area contributed by atoms with Crippen molar-refractivity contribution in [2.24, 2.45) is 0 Å². The Kier molecular flexibility index (Phi) is 5.37. The highest BCUT2D eigenvalue weighted by Gasteiger charge is 2.13. The number of carbonyl (C=O) groups is 1. The van der Waals surface area contributed by atoms with Crippen molar-refractivity contribution in [2.75, 3.05) is 7.05 Å². The van der Waals surface area contributed by atoms with Gasteiger partial charge in [0, 0.05) is 31.3 Å². The molecule has 2 aromatic rings. The predicted molar refractivity (Wildman–Crippen MR) is 91.1 cm³/mol. The third-order valence-corrected chi connectivity index (χ3v) is 3.58. The lowest BCUT2D eigenvalue weighted by molar-refractivity contribution is -0.384. The number of rotatable bonds is 4. The van der Waals surface area contributed by atoms with Crippen molar-refractivity contribution >= 4 is 28.9 Å². The van der Waals surface area contributed by atoms with Crippen molar-refractivity contribution in [1.29, 1.82) is 0 Å². The van der Waals surface area contributed by atoms with Crippen LogP contribution < -0.4 is 5.32 Å². The summed E-state index contributed by atoms with van der Waals surface area (Å²) in [4.78, 5) is 23.9. The van der Waals surface area contributed by atoms with Crippen molar-refractivity contribution in [2.45, 2.75) is 6.54 Å². The molecule has 0 saturated carbocycles. The van der Waals surface area contributed by atoms with Crippen LogP contribution in [0.25, 0.3) is 0 Å². The summed E-state index contributed by atoms with van der Waals surface area (Å²) in [5.74, 6) is -0.398. The standard InChI is InChI=1S/C16H15N3O3S/c1-18(11-12-5-3-2-4-6-12)16(23)17-15(20)13-7-9-14(10-8-13)19(21)22/h2-10H,11H2,1H3,(H,17,20,23). The number of nitrogens with one attached hydrogen (secondary N) is 1. The molecule has 0 fully saturated rings. The van der Waals surface area contributed by atoms with Crippen LogP contribution in [-0.2, 0) is 6.54 Å². The Bertz CT molecular complexity index is 717. The number of nitro benzene ring substituents is 1. The van der Waals surface area contributed by atoms with E-state index in [-0.39, 0.29) is 10.8 Å². The number of hydrogen-bond acceptors (Lipinski definition) is 4. The second-order valence-corrected chi connectivity index (χ2v) is 5.29. The maximum Gasteiger partial charge on any atom is 0.269 e. The molecule has 0 bridgehead atoms. The monoisotopic (exact) mass is 329 g/mol. The molecule has 23 heavy (non-hydrogen) atoms. The Labute approximate surface area is 138 Å². The summed E-state index contributed by atoms with van der Waals surface area (Å²) < 4.78 is 0. The van der Waals surface area contributed by atoms with E-state index in [1.165, 1.54) is 24.3 Å². The maximum absolute atomic E-state index is 12.1. The minimum Gasteiger partial charge on any atom is -0.348 e. The van der Waals surface area contributed by atoms with E-state index in [0.717, 1.165) is 5.56 Å². The Morgan fingerprint density at radius 1 is 1.17 bits per heavy atom. The van der Waals surface area contributed by atoms with Crippen LogP contribution in [0, 0.1) is 10.1 Å². The van der Waals surface area contributed by atoms with E-state index in [4.69, 9.17) is 12.2 Å². The summed E-state index contributed by atoms with van der Waals surface area (Å²) in [5.41, 5.74) is 1.32. The Hall–Kier alpha value is -2.80. The second kappa shape index (κ2) is 7.46. The number of thiocarbonyl (C=S) groups is 1. The molecule has 2 rings (SSSR count). The Morgan fingerprint density at radius 3 is 2.35 bits per heavy atom. The average molecular weight is 329 g/mol. The van der Waals surface area contributed by atoms with Gasteiger partial charge in [0.1, 0.15) is 0 Å². The van der Waals surface area contributed by atoms with Gasteiger partial charge in [0.05, 0.1) is 4.92 Å². The van der Waals surface area contributed by atoms with Crippen molar-refractivity contribution in [3.05, 3.63) is 75.8 Å². The summed E-state index contributed by atoms with van der Waals surface area (Å²) in [5, 5.41) is 13.5. The molecule has 0 aliphatic heterocycles. The van der Waals surface area contributed by atoms with Gasteiger partial charge in [-0.2, -0.15) is 0 Å². The van der Waals surface area contributed by atoms with Gasteiger partial charge < -0.3 is 4.90 Å². The molecule has 1 N–H and O–H groups in total. The average Bonchev–Trinajstić information content (AvgIpc) is 2.55. The predicted octanol–water partition coefficient (Wildman–Crippen LogP) is 2.74. The molecule has 0 atom stereocenters. The lowest BCUT2D eigenvalue weighted by Crippen LogP contribution is -2.40. The number of nitro groups is 1. The van der Waals surface area contributed by atoms with Crippen LogP contribution in [0.4, 0.5) is 5.69 Å². The molecule has 0 unspecified atom stereocenters. The van der Waals surface area contributed by atoms with Crippen LogP contribution in [-0.4, -0.2) is 27.9 Å². The highest BCUT2D eigenvalue weighted by molar-refractivity contribution is 7.80. The van der Waals surface area contributed by atoms with Crippen LogP contribution in [0.15, 0.2) is 54.6 Å². The third kappa shape index (κ3) is 4.58. The molecule has 0 aliphatic carbocycles. The van der Waals surface area contributed by atoms with Gasteiger partial charge in [-0.15, -0.1) is 0 Å². The number of non-ortho nitro benzene ring substituents is 1. The van der Waals surface area contributed by atoms with Gasteiger partial charge >= 0.3 is 0 Å². The number of benzene rings is 2. The fourth-order valence-corrected chi connectivity index (χ4v) is 2.09. The molecule has 6 nitrogen and oxygen atoms in total. The summed E-state index contributed by atoms with van der Waals surface area (Å²) in [6.07, 6.45) is 0. The molecule has 0 radical (unpaired) electrons. The molecule has 118 valence electrons. The Morgan fingerprint density at radius 2 is 1.78 bits per heavy atom. The summed E-state index contributed by atoms with van der Waals surface area (Å²) in [7, 11) is 1.78. The van der Waals surface area contributed by atoms with Gasteiger partial charge in [-0.1, -0.05) is 30.3 Å².